The zero-order chi connectivity index (χ0) is 19.9. The number of carbonyl (C=O) groups excluding carboxylic acids is 2. The predicted octanol–water partition coefficient (Wildman–Crippen LogP) is 2.14. The molecular weight excluding hydrogens is 318 g/mol. The molecule has 2 N–H and O–H groups in total. The number of nitrogens with zero attached hydrogens (tertiary/aromatic N) is 2. The Hall–Kier alpha value is -1.71. The molecule has 1 aliphatic carbocycles. The van der Waals surface area contributed by atoms with E-state index < -0.39 is 5.41 Å². The van der Waals surface area contributed by atoms with Crippen molar-refractivity contribution in [1.82, 2.24) is 10.2 Å². The van der Waals surface area contributed by atoms with Crippen molar-refractivity contribution in [1.29, 1.82) is 5.26 Å². The molecule has 6 heteroatoms. The minimum absolute atomic E-state index is 0.0732. The number of likely N-dealkylation sites (N-methyl/N-ethyl adjacent to an activating group) is 1. The zero-order valence-electron chi connectivity index (χ0n) is 16.4. The minimum atomic E-state index is -0.542. The van der Waals surface area contributed by atoms with Crippen LogP contribution in [0.1, 0.15) is 47.0 Å². The Morgan fingerprint density at radius 1 is 1.48 bits per heavy atom. The lowest BCUT2D eigenvalue weighted by atomic mass is 10.2. The van der Waals surface area contributed by atoms with E-state index >= 15 is 0 Å². The second kappa shape index (κ2) is 14.6. The van der Waals surface area contributed by atoms with Gasteiger partial charge in [0.25, 0.3) is 0 Å². The Balaban J connectivity index is 0. The van der Waals surface area contributed by atoms with Crippen LogP contribution in [0.15, 0.2) is 12.7 Å². The van der Waals surface area contributed by atoms with Gasteiger partial charge in [-0.25, -0.2) is 0 Å². The third-order valence-corrected chi connectivity index (χ3v) is 3.08. The number of likely N-dealkylation sites (tertiary alicyclic amines) is 1. The third-order valence-electron chi connectivity index (χ3n) is 3.08. The predicted molar refractivity (Wildman–Crippen MR) is 101 cm³/mol. The van der Waals surface area contributed by atoms with E-state index in [0.29, 0.717) is 19.6 Å². The summed E-state index contributed by atoms with van der Waals surface area (Å²) < 4.78 is 0. The highest BCUT2D eigenvalue weighted by molar-refractivity contribution is 5.78. The highest BCUT2D eigenvalue weighted by Crippen LogP contribution is 2.42. The van der Waals surface area contributed by atoms with Gasteiger partial charge >= 0.3 is 0 Å². The number of aliphatic hydroxyl groups excluding tert-OH is 1. The summed E-state index contributed by atoms with van der Waals surface area (Å²) >= 11 is 0. The van der Waals surface area contributed by atoms with Crippen LogP contribution >= 0.6 is 0 Å². The number of hydrogen-bond acceptors (Lipinski definition) is 5. The molecule has 25 heavy (non-hydrogen) atoms. The summed E-state index contributed by atoms with van der Waals surface area (Å²) in [5.74, 6) is 0.907. The van der Waals surface area contributed by atoms with Crippen LogP contribution in [0.2, 0.25) is 0 Å². The van der Waals surface area contributed by atoms with Gasteiger partial charge in [0.15, 0.2) is 0 Å². The summed E-state index contributed by atoms with van der Waals surface area (Å²) in [6.07, 6.45) is 4.44. The van der Waals surface area contributed by atoms with Crippen molar-refractivity contribution < 1.29 is 14.7 Å². The molecule has 1 amide bonds. The van der Waals surface area contributed by atoms with Gasteiger partial charge in [0, 0.05) is 13.1 Å². The Bertz CT molecular complexity index is 423. The highest BCUT2D eigenvalue weighted by Gasteiger charge is 2.42. The van der Waals surface area contributed by atoms with Gasteiger partial charge in [-0.15, -0.1) is 6.58 Å². The molecule has 0 aromatic heterocycles. The Kier molecular flexibility index (Phi) is 14.9. The van der Waals surface area contributed by atoms with Crippen LogP contribution in [0, 0.1) is 22.7 Å². The maximum atomic E-state index is 11.1. The van der Waals surface area contributed by atoms with Crippen LogP contribution in [0.25, 0.3) is 0 Å². The molecule has 144 valence electrons. The van der Waals surface area contributed by atoms with Gasteiger partial charge in [0.1, 0.15) is 11.7 Å². The second-order valence-corrected chi connectivity index (χ2v) is 6.84. The topological polar surface area (TPSA) is 93.4 Å². The minimum Gasteiger partial charge on any atom is -0.391 e. The van der Waals surface area contributed by atoms with Gasteiger partial charge < -0.3 is 20.1 Å². The lowest BCUT2D eigenvalue weighted by Crippen LogP contribution is -2.35. The van der Waals surface area contributed by atoms with Crippen molar-refractivity contribution in [2.45, 2.75) is 53.1 Å². The zero-order valence-corrected chi connectivity index (χ0v) is 16.4. The molecule has 1 unspecified atom stereocenters. The average molecular weight is 354 g/mol. The number of aliphatic hydroxyl groups is 1. The van der Waals surface area contributed by atoms with Gasteiger partial charge in [-0.2, -0.15) is 5.26 Å². The van der Waals surface area contributed by atoms with E-state index in [-0.39, 0.29) is 12.0 Å². The summed E-state index contributed by atoms with van der Waals surface area (Å²) in [6, 6.07) is 1.93. The maximum Gasteiger partial charge on any atom is 0.236 e. The number of nitriles is 1. The fourth-order valence-corrected chi connectivity index (χ4v) is 1.62. The van der Waals surface area contributed by atoms with E-state index in [1.807, 2.05) is 13.0 Å². The number of aldehydes is 1. The van der Waals surface area contributed by atoms with E-state index in [1.165, 1.54) is 0 Å². The molecule has 2 rings (SSSR count). The lowest BCUT2D eigenvalue weighted by molar-refractivity contribution is -0.129. The van der Waals surface area contributed by atoms with Crippen LogP contribution in [0.3, 0.4) is 0 Å². The molecule has 6 nitrogen and oxygen atoms in total. The van der Waals surface area contributed by atoms with Gasteiger partial charge in [0.2, 0.25) is 5.91 Å². The number of rotatable bonds is 3. The molecule has 0 aromatic rings. The lowest BCUT2D eigenvalue weighted by Gasteiger charge is -2.14. The fourth-order valence-electron chi connectivity index (χ4n) is 1.62. The highest BCUT2D eigenvalue weighted by atomic mass is 16.3. The van der Waals surface area contributed by atoms with Gasteiger partial charge in [-0.1, -0.05) is 26.8 Å². The van der Waals surface area contributed by atoms with Crippen molar-refractivity contribution in [3.63, 3.8) is 0 Å². The Morgan fingerprint density at radius 3 is 2.16 bits per heavy atom. The molecule has 0 bridgehead atoms. The number of allylic oxidation sites excluding steroid dienone is 1. The molecule has 1 aliphatic heterocycles. The summed E-state index contributed by atoms with van der Waals surface area (Å²) in [7, 11) is 1.74. The number of carbonyl (C=O) groups is 2. The van der Waals surface area contributed by atoms with Crippen molar-refractivity contribution in [3.05, 3.63) is 12.7 Å². The maximum absolute atomic E-state index is 11.1. The van der Waals surface area contributed by atoms with Crippen LogP contribution in [-0.2, 0) is 9.59 Å². The first-order valence-corrected chi connectivity index (χ1v) is 8.76. The number of amides is 1. The molecule has 1 saturated heterocycles. The number of β-amino-alcohol motifs (C(OH)–C–C–N with tert-alkyl or cyclic N) is 1. The molecule has 0 spiro atoms. The molecular formula is C19H35N3O3. The number of nitrogens with one attached hydrogen (secondary N) is 1. The molecule has 0 aromatic carbocycles. The smallest absolute Gasteiger partial charge is 0.236 e. The quantitative estimate of drug-likeness (QED) is 0.599. The Morgan fingerprint density at radius 2 is 1.96 bits per heavy atom. The van der Waals surface area contributed by atoms with E-state index in [2.05, 4.69) is 32.7 Å². The standard InChI is InChI=1S/C7H14N2O2.C5H5NO.C4H10.C3H6/c1-8-4-7(11)9-3-2-6(10)5-9;6-3-5(4-7)1-2-5;1-4(2)3;1-3-2/h6,8,10H,2-5H2,1H3;4H,1-2H2;4H,1-3H3;3H,1H2,2H3. The molecule has 2 aliphatic rings. The van der Waals surface area contributed by atoms with Gasteiger partial charge in [-0.3, -0.25) is 4.79 Å². The van der Waals surface area contributed by atoms with E-state index in [1.54, 1.807) is 18.0 Å². The van der Waals surface area contributed by atoms with Crippen molar-refractivity contribution >= 4 is 12.2 Å². The third kappa shape index (κ3) is 14.3. The molecule has 1 saturated carbocycles. The fraction of sp³-hybridized carbons (Fsp3) is 0.737. The molecule has 2 fully saturated rings. The SMILES string of the molecule is C=CC.CC(C)C.CNCC(=O)N1CCC(O)C1.N#CC1(C=O)CC1. The molecule has 1 atom stereocenters. The van der Waals surface area contributed by atoms with Crippen LogP contribution in [-0.4, -0.2) is 55.0 Å². The van der Waals surface area contributed by atoms with Crippen LogP contribution in [0.5, 0.6) is 0 Å². The van der Waals surface area contributed by atoms with Crippen molar-refractivity contribution in [2.24, 2.45) is 11.3 Å². The summed E-state index contributed by atoms with van der Waals surface area (Å²) in [5.41, 5.74) is -0.542. The van der Waals surface area contributed by atoms with Gasteiger partial charge in [0.05, 0.1) is 18.7 Å². The monoisotopic (exact) mass is 353 g/mol. The van der Waals surface area contributed by atoms with Crippen LogP contribution < -0.4 is 5.32 Å². The largest absolute Gasteiger partial charge is 0.391 e. The summed E-state index contributed by atoms with van der Waals surface area (Å²) in [6.45, 7) is 13.3. The van der Waals surface area contributed by atoms with Crippen molar-refractivity contribution in [2.75, 3.05) is 26.7 Å². The normalized spacial score (nSPS) is 19.0. The first-order chi connectivity index (χ1) is 11.7. The first kappa shape index (κ1) is 25.5. The van der Waals surface area contributed by atoms with E-state index in [4.69, 9.17) is 10.4 Å². The van der Waals surface area contributed by atoms with Gasteiger partial charge in [-0.05, 0) is 39.2 Å². The molecule has 0 radical (unpaired) electrons. The Labute approximate surface area is 152 Å². The van der Waals surface area contributed by atoms with Crippen molar-refractivity contribution in [3.8, 4) is 6.07 Å². The molecule has 1 heterocycles. The average Bonchev–Trinajstić information content (AvgIpc) is 3.22. The first-order valence-electron chi connectivity index (χ1n) is 8.76. The number of hydrogen-bond donors (Lipinski definition) is 2. The van der Waals surface area contributed by atoms with E-state index in [9.17, 15) is 9.59 Å². The van der Waals surface area contributed by atoms with Crippen LogP contribution in [0.4, 0.5) is 0 Å². The summed E-state index contributed by atoms with van der Waals surface area (Å²) in [5, 5.41) is 20.1. The summed E-state index contributed by atoms with van der Waals surface area (Å²) in [4.78, 5) is 22.7. The second-order valence-electron chi connectivity index (χ2n) is 6.84. The van der Waals surface area contributed by atoms with E-state index in [0.717, 1.165) is 31.5 Å².